The van der Waals surface area contributed by atoms with Crippen LogP contribution in [-0.4, -0.2) is 11.9 Å². The van der Waals surface area contributed by atoms with Gasteiger partial charge >= 0.3 is 0 Å². The molecule has 0 aliphatic heterocycles. The van der Waals surface area contributed by atoms with E-state index in [2.05, 4.69) is 19.2 Å². The van der Waals surface area contributed by atoms with Gasteiger partial charge in [-0.1, -0.05) is 44.4 Å². The number of carbonyl (C=O) groups is 1. The van der Waals surface area contributed by atoms with E-state index in [1.165, 1.54) is 18.4 Å². The molecule has 0 radical (unpaired) electrons. The molecule has 0 spiro atoms. The zero-order valence-electron chi connectivity index (χ0n) is 11.6. The van der Waals surface area contributed by atoms with Crippen LogP contribution in [-0.2, 0) is 0 Å². The topological polar surface area (TPSA) is 29.1 Å². The van der Waals surface area contributed by atoms with E-state index < -0.39 is 0 Å². The second-order valence-corrected chi connectivity index (χ2v) is 5.71. The Morgan fingerprint density at radius 3 is 2.50 bits per heavy atom. The average molecular weight is 245 g/mol. The van der Waals surface area contributed by atoms with Gasteiger partial charge in [-0.05, 0) is 37.3 Å². The molecule has 1 aromatic carbocycles. The number of hydrogen-bond acceptors (Lipinski definition) is 1. The van der Waals surface area contributed by atoms with Gasteiger partial charge in [0, 0.05) is 11.6 Å². The number of benzene rings is 1. The Labute approximate surface area is 110 Å². The van der Waals surface area contributed by atoms with Crippen molar-refractivity contribution in [3.63, 3.8) is 0 Å². The fourth-order valence-corrected chi connectivity index (χ4v) is 2.74. The van der Waals surface area contributed by atoms with E-state index in [9.17, 15) is 4.79 Å². The molecule has 1 N–H and O–H groups in total. The molecule has 0 aromatic heterocycles. The van der Waals surface area contributed by atoms with Crippen LogP contribution in [0.4, 0.5) is 0 Å². The lowest BCUT2D eigenvalue weighted by Crippen LogP contribution is -2.43. The normalized spacial score (nSPS) is 27.8. The van der Waals surface area contributed by atoms with Gasteiger partial charge in [-0.25, -0.2) is 0 Å². The monoisotopic (exact) mass is 245 g/mol. The van der Waals surface area contributed by atoms with Crippen LogP contribution >= 0.6 is 0 Å². The van der Waals surface area contributed by atoms with Crippen LogP contribution in [0.3, 0.4) is 0 Å². The summed E-state index contributed by atoms with van der Waals surface area (Å²) >= 11 is 0. The number of nitrogens with one attached hydrogen (secondary N) is 1. The molecule has 1 aliphatic carbocycles. The van der Waals surface area contributed by atoms with Gasteiger partial charge in [0.25, 0.3) is 5.91 Å². The fraction of sp³-hybridized carbons (Fsp3) is 0.562. The van der Waals surface area contributed by atoms with Gasteiger partial charge in [0.15, 0.2) is 0 Å². The first-order valence-corrected chi connectivity index (χ1v) is 6.95. The average Bonchev–Trinajstić information content (AvgIpc) is 2.36. The number of carbonyl (C=O) groups excluding carboxylic acids is 1. The molecule has 0 heterocycles. The number of rotatable bonds is 2. The predicted molar refractivity (Wildman–Crippen MR) is 74.6 cm³/mol. The van der Waals surface area contributed by atoms with Gasteiger partial charge in [-0.2, -0.15) is 0 Å². The van der Waals surface area contributed by atoms with Crippen LogP contribution in [0.25, 0.3) is 0 Å². The first-order chi connectivity index (χ1) is 8.58. The SMILES string of the molecule is Cc1ccc(C(=O)NC2CCCC(C)C2C)cc1. The highest BCUT2D eigenvalue weighted by molar-refractivity contribution is 5.94. The molecule has 2 heteroatoms. The van der Waals surface area contributed by atoms with Gasteiger partial charge < -0.3 is 5.32 Å². The molecular weight excluding hydrogens is 222 g/mol. The summed E-state index contributed by atoms with van der Waals surface area (Å²) in [5.41, 5.74) is 1.96. The maximum Gasteiger partial charge on any atom is 0.251 e. The van der Waals surface area contributed by atoms with Crippen LogP contribution < -0.4 is 5.32 Å². The molecule has 1 aliphatic rings. The molecule has 98 valence electrons. The van der Waals surface area contributed by atoms with Crippen molar-refractivity contribution in [2.45, 2.75) is 46.1 Å². The third-order valence-corrected chi connectivity index (χ3v) is 4.34. The van der Waals surface area contributed by atoms with Crippen molar-refractivity contribution < 1.29 is 4.79 Å². The molecule has 1 saturated carbocycles. The number of aryl methyl sites for hydroxylation is 1. The highest BCUT2D eigenvalue weighted by atomic mass is 16.1. The first-order valence-electron chi connectivity index (χ1n) is 6.95. The largest absolute Gasteiger partial charge is 0.349 e. The van der Waals surface area contributed by atoms with E-state index in [4.69, 9.17) is 0 Å². The Morgan fingerprint density at radius 1 is 1.17 bits per heavy atom. The summed E-state index contributed by atoms with van der Waals surface area (Å²) in [6.07, 6.45) is 3.63. The van der Waals surface area contributed by atoms with Crippen LogP contribution in [0.15, 0.2) is 24.3 Å². The van der Waals surface area contributed by atoms with E-state index >= 15 is 0 Å². The molecule has 3 atom stereocenters. The van der Waals surface area contributed by atoms with Crippen LogP contribution in [0, 0.1) is 18.8 Å². The second kappa shape index (κ2) is 5.55. The molecule has 18 heavy (non-hydrogen) atoms. The maximum atomic E-state index is 12.2. The molecule has 2 rings (SSSR count). The predicted octanol–water partition coefficient (Wildman–Crippen LogP) is 3.55. The summed E-state index contributed by atoms with van der Waals surface area (Å²) in [5.74, 6) is 1.36. The summed E-state index contributed by atoms with van der Waals surface area (Å²) in [5, 5.41) is 3.20. The lowest BCUT2D eigenvalue weighted by atomic mass is 9.78. The summed E-state index contributed by atoms with van der Waals surface area (Å²) < 4.78 is 0. The van der Waals surface area contributed by atoms with Crippen molar-refractivity contribution in [3.8, 4) is 0 Å². The molecule has 0 bridgehead atoms. The van der Waals surface area contributed by atoms with Crippen molar-refractivity contribution in [2.24, 2.45) is 11.8 Å². The minimum absolute atomic E-state index is 0.0703. The maximum absolute atomic E-state index is 12.2. The van der Waals surface area contributed by atoms with E-state index in [-0.39, 0.29) is 5.91 Å². The van der Waals surface area contributed by atoms with Crippen LogP contribution in [0.5, 0.6) is 0 Å². The number of amides is 1. The Morgan fingerprint density at radius 2 is 1.83 bits per heavy atom. The number of hydrogen-bond donors (Lipinski definition) is 1. The summed E-state index contributed by atoms with van der Waals surface area (Å²) in [6.45, 7) is 6.57. The second-order valence-electron chi connectivity index (χ2n) is 5.71. The third-order valence-electron chi connectivity index (χ3n) is 4.34. The minimum atomic E-state index is 0.0703. The first kappa shape index (κ1) is 13.1. The van der Waals surface area contributed by atoms with Crippen molar-refractivity contribution in [1.29, 1.82) is 0 Å². The van der Waals surface area contributed by atoms with Crippen molar-refractivity contribution >= 4 is 5.91 Å². The Balaban J connectivity index is 2.00. The molecule has 1 amide bonds. The minimum Gasteiger partial charge on any atom is -0.349 e. The summed E-state index contributed by atoms with van der Waals surface area (Å²) in [6, 6.07) is 8.12. The Bertz CT molecular complexity index is 410. The summed E-state index contributed by atoms with van der Waals surface area (Å²) in [7, 11) is 0. The fourth-order valence-electron chi connectivity index (χ4n) is 2.74. The standard InChI is InChI=1S/C16H23NO/c1-11-7-9-14(10-8-11)16(18)17-15-6-4-5-12(2)13(15)3/h7-10,12-13,15H,4-6H2,1-3H3,(H,17,18). The van der Waals surface area contributed by atoms with Gasteiger partial charge in [-0.15, -0.1) is 0 Å². The zero-order valence-corrected chi connectivity index (χ0v) is 11.6. The van der Waals surface area contributed by atoms with Crippen molar-refractivity contribution in [3.05, 3.63) is 35.4 Å². The molecule has 1 aromatic rings. The quantitative estimate of drug-likeness (QED) is 0.848. The van der Waals surface area contributed by atoms with E-state index in [0.717, 1.165) is 12.0 Å². The summed E-state index contributed by atoms with van der Waals surface area (Å²) in [4.78, 5) is 12.2. The van der Waals surface area contributed by atoms with Gasteiger partial charge in [-0.3, -0.25) is 4.79 Å². The highest BCUT2D eigenvalue weighted by Gasteiger charge is 2.28. The van der Waals surface area contributed by atoms with Gasteiger partial charge in [0.1, 0.15) is 0 Å². The smallest absolute Gasteiger partial charge is 0.251 e. The Hall–Kier alpha value is -1.31. The van der Waals surface area contributed by atoms with E-state index in [1.807, 2.05) is 31.2 Å². The lowest BCUT2D eigenvalue weighted by molar-refractivity contribution is 0.0891. The van der Waals surface area contributed by atoms with E-state index in [0.29, 0.717) is 17.9 Å². The van der Waals surface area contributed by atoms with Crippen molar-refractivity contribution in [2.75, 3.05) is 0 Å². The third kappa shape index (κ3) is 2.92. The van der Waals surface area contributed by atoms with E-state index in [1.54, 1.807) is 0 Å². The molecule has 1 fully saturated rings. The molecular formula is C16H23NO. The van der Waals surface area contributed by atoms with Crippen LogP contribution in [0.1, 0.15) is 49.0 Å². The van der Waals surface area contributed by atoms with Crippen molar-refractivity contribution in [1.82, 2.24) is 5.32 Å². The molecule has 0 saturated heterocycles. The van der Waals surface area contributed by atoms with Gasteiger partial charge in [0.2, 0.25) is 0 Å². The zero-order chi connectivity index (χ0) is 13.1. The molecule has 2 nitrogen and oxygen atoms in total. The lowest BCUT2D eigenvalue weighted by Gasteiger charge is -2.34. The van der Waals surface area contributed by atoms with Gasteiger partial charge in [0.05, 0.1) is 0 Å². The Kier molecular flexibility index (Phi) is 4.05. The highest BCUT2D eigenvalue weighted by Crippen LogP contribution is 2.29. The van der Waals surface area contributed by atoms with Crippen LogP contribution in [0.2, 0.25) is 0 Å². The molecule has 3 unspecified atom stereocenters.